The Morgan fingerprint density at radius 3 is 2.75 bits per heavy atom. The van der Waals surface area contributed by atoms with Gasteiger partial charge in [-0.25, -0.2) is 13.4 Å². The highest BCUT2D eigenvalue weighted by Gasteiger charge is 2.08. The van der Waals surface area contributed by atoms with Crippen LogP contribution in [0.4, 0.5) is 0 Å². The van der Waals surface area contributed by atoms with Crippen molar-refractivity contribution in [3.63, 3.8) is 0 Å². The second-order valence-electron chi connectivity index (χ2n) is 4.45. The quantitative estimate of drug-likeness (QED) is 0.773. The molecule has 0 radical (unpaired) electrons. The molecular formula is C10H19N3O2S. The molecule has 0 aromatic carbocycles. The number of hydrogen-bond acceptors (Lipinski definition) is 4. The number of H-pyrrole nitrogens is 1. The lowest BCUT2D eigenvalue weighted by molar-refractivity contribution is 0.548. The van der Waals surface area contributed by atoms with Crippen molar-refractivity contribution in [1.82, 2.24) is 15.3 Å². The Labute approximate surface area is 96.6 Å². The van der Waals surface area contributed by atoms with Crippen LogP contribution >= 0.6 is 0 Å². The van der Waals surface area contributed by atoms with Gasteiger partial charge in [-0.3, -0.25) is 0 Å². The van der Waals surface area contributed by atoms with E-state index in [2.05, 4.69) is 29.1 Å². The number of aromatic nitrogens is 2. The van der Waals surface area contributed by atoms with E-state index in [1.54, 1.807) is 6.20 Å². The lowest BCUT2D eigenvalue weighted by Gasteiger charge is -2.05. The Hall–Kier alpha value is -0.880. The van der Waals surface area contributed by atoms with E-state index in [-0.39, 0.29) is 5.75 Å². The second-order valence-corrected chi connectivity index (χ2v) is 6.59. The van der Waals surface area contributed by atoms with Crippen molar-refractivity contribution in [3.8, 4) is 0 Å². The molecule has 0 amide bonds. The van der Waals surface area contributed by atoms with Gasteiger partial charge in [0, 0.05) is 24.7 Å². The zero-order chi connectivity index (χ0) is 12.2. The van der Waals surface area contributed by atoms with E-state index < -0.39 is 9.84 Å². The number of nitrogens with zero attached hydrogens (tertiary/aromatic N) is 1. The minimum atomic E-state index is -3.01. The van der Waals surface area contributed by atoms with Gasteiger partial charge in [0.15, 0.2) is 9.84 Å². The summed E-state index contributed by atoms with van der Waals surface area (Å²) in [4.78, 5) is 7.02. The van der Waals surface area contributed by atoms with Crippen LogP contribution in [0, 0.1) is 5.92 Å². The second kappa shape index (κ2) is 5.45. The summed E-state index contributed by atoms with van der Waals surface area (Å²) in [5, 5.41) is 3.26. The monoisotopic (exact) mass is 245 g/mol. The summed E-state index contributed by atoms with van der Waals surface area (Å²) in [7, 11) is -3.01. The smallest absolute Gasteiger partial charge is 0.154 e. The molecule has 1 rings (SSSR count). The molecule has 0 aliphatic rings. The summed E-state index contributed by atoms with van der Waals surface area (Å²) in [6.45, 7) is 5.89. The molecule has 0 aliphatic heterocycles. The van der Waals surface area contributed by atoms with E-state index in [0.717, 1.165) is 12.2 Å². The topological polar surface area (TPSA) is 74.8 Å². The first kappa shape index (κ1) is 13.2. The van der Waals surface area contributed by atoms with E-state index in [1.165, 1.54) is 6.26 Å². The molecule has 5 nitrogen and oxygen atoms in total. The van der Waals surface area contributed by atoms with Gasteiger partial charge in [0.05, 0.1) is 0 Å². The van der Waals surface area contributed by atoms with Crippen molar-refractivity contribution in [2.75, 3.05) is 12.8 Å². The maximum atomic E-state index is 11.0. The molecule has 2 N–H and O–H groups in total. The molecule has 1 heterocycles. The van der Waals surface area contributed by atoms with Gasteiger partial charge in [-0.2, -0.15) is 0 Å². The first-order valence-electron chi connectivity index (χ1n) is 5.28. The summed E-state index contributed by atoms with van der Waals surface area (Å²) in [6, 6.07) is 0. The maximum Gasteiger partial charge on any atom is 0.154 e. The van der Waals surface area contributed by atoms with Gasteiger partial charge in [0.2, 0.25) is 0 Å². The minimum Gasteiger partial charge on any atom is -0.344 e. The summed E-state index contributed by atoms with van der Waals surface area (Å²) in [5.74, 6) is 1.07. The third-order valence-corrected chi connectivity index (χ3v) is 2.75. The Morgan fingerprint density at radius 1 is 1.50 bits per heavy atom. The van der Waals surface area contributed by atoms with Crippen LogP contribution in [0.15, 0.2) is 6.20 Å². The summed E-state index contributed by atoms with van der Waals surface area (Å²) in [5.41, 5.74) is 0.916. The average molecular weight is 245 g/mol. The van der Waals surface area contributed by atoms with E-state index in [9.17, 15) is 8.42 Å². The Morgan fingerprint density at radius 2 is 2.19 bits per heavy atom. The Kier molecular flexibility index (Phi) is 4.49. The van der Waals surface area contributed by atoms with Crippen LogP contribution in [0.3, 0.4) is 0 Å². The minimum absolute atomic E-state index is 0.0306. The van der Waals surface area contributed by atoms with Gasteiger partial charge in [-0.1, -0.05) is 13.8 Å². The van der Waals surface area contributed by atoms with Gasteiger partial charge in [0.1, 0.15) is 11.6 Å². The van der Waals surface area contributed by atoms with Gasteiger partial charge in [-0.05, 0) is 12.5 Å². The molecule has 6 heteroatoms. The number of nitrogens with one attached hydrogen (secondary N) is 2. The molecule has 0 fully saturated rings. The Bertz CT molecular complexity index is 423. The largest absolute Gasteiger partial charge is 0.344 e. The summed E-state index contributed by atoms with van der Waals surface area (Å²) in [6.07, 6.45) is 2.88. The first-order valence-corrected chi connectivity index (χ1v) is 7.34. The van der Waals surface area contributed by atoms with Crippen LogP contribution in [0.5, 0.6) is 0 Å². The van der Waals surface area contributed by atoms with E-state index >= 15 is 0 Å². The van der Waals surface area contributed by atoms with E-state index in [1.807, 2.05) is 0 Å². The molecule has 0 saturated carbocycles. The zero-order valence-electron chi connectivity index (χ0n) is 9.95. The van der Waals surface area contributed by atoms with Crippen LogP contribution in [0.1, 0.15) is 25.4 Å². The molecule has 0 aliphatic carbocycles. The standard InChI is InChI=1S/C10H19N3O2S/c1-8(2)4-11-5-9-6-12-10(13-9)7-16(3,14)15/h6,8,11H,4-5,7H2,1-3H3,(H,12,13). The predicted molar refractivity (Wildman–Crippen MR) is 63.7 cm³/mol. The molecule has 0 unspecified atom stereocenters. The summed E-state index contributed by atoms with van der Waals surface area (Å²) >= 11 is 0. The molecular weight excluding hydrogens is 226 g/mol. The van der Waals surface area contributed by atoms with Crippen molar-refractivity contribution in [1.29, 1.82) is 0 Å². The fourth-order valence-electron chi connectivity index (χ4n) is 1.31. The lowest BCUT2D eigenvalue weighted by atomic mass is 10.2. The molecule has 16 heavy (non-hydrogen) atoms. The number of imidazole rings is 1. The number of rotatable bonds is 6. The van der Waals surface area contributed by atoms with Crippen LogP contribution < -0.4 is 5.32 Å². The number of hydrogen-bond donors (Lipinski definition) is 2. The molecule has 92 valence electrons. The van der Waals surface area contributed by atoms with Gasteiger partial charge in [0.25, 0.3) is 0 Å². The fraction of sp³-hybridized carbons (Fsp3) is 0.700. The van der Waals surface area contributed by atoms with Crippen LogP contribution in [-0.2, 0) is 22.1 Å². The van der Waals surface area contributed by atoms with Crippen molar-refractivity contribution < 1.29 is 8.42 Å². The highest BCUT2D eigenvalue weighted by Crippen LogP contribution is 2.01. The van der Waals surface area contributed by atoms with E-state index in [0.29, 0.717) is 18.3 Å². The predicted octanol–water partition coefficient (Wildman–Crippen LogP) is 0.700. The first-order chi connectivity index (χ1) is 7.37. The van der Waals surface area contributed by atoms with Gasteiger partial charge in [-0.15, -0.1) is 0 Å². The van der Waals surface area contributed by atoms with Gasteiger partial charge >= 0.3 is 0 Å². The molecule has 0 bridgehead atoms. The summed E-state index contributed by atoms with van der Waals surface area (Å²) < 4.78 is 22.1. The fourth-order valence-corrected chi connectivity index (χ4v) is 1.96. The molecule has 1 aromatic rings. The highest BCUT2D eigenvalue weighted by atomic mass is 32.2. The number of sulfone groups is 1. The normalized spacial score (nSPS) is 12.2. The van der Waals surface area contributed by atoms with Crippen molar-refractivity contribution in [2.45, 2.75) is 26.1 Å². The van der Waals surface area contributed by atoms with Crippen LogP contribution in [-0.4, -0.2) is 31.2 Å². The van der Waals surface area contributed by atoms with Crippen molar-refractivity contribution in [3.05, 3.63) is 17.7 Å². The van der Waals surface area contributed by atoms with Crippen molar-refractivity contribution >= 4 is 9.84 Å². The third-order valence-electron chi connectivity index (χ3n) is 1.95. The lowest BCUT2D eigenvalue weighted by Crippen LogP contribution is -2.19. The zero-order valence-corrected chi connectivity index (χ0v) is 10.8. The molecule has 0 spiro atoms. The third kappa shape index (κ3) is 5.27. The SMILES string of the molecule is CC(C)CNCc1cnc(CS(C)(=O)=O)[nH]1. The number of aromatic amines is 1. The van der Waals surface area contributed by atoms with Gasteiger partial charge < -0.3 is 10.3 Å². The van der Waals surface area contributed by atoms with Crippen LogP contribution in [0.2, 0.25) is 0 Å². The molecule has 0 atom stereocenters. The maximum absolute atomic E-state index is 11.0. The van der Waals surface area contributed by atoms with E-state index in [4.69, 9.17) is 0 Å². The molecule has 0 saturated heterocycles. The van der Waals surface area contributed by atoms with Crippen molar-refractivity contribution in [2.24, 2.45) is 5.92 Å². The molecule has 1 aromatic heterocycles. The van der Waals surface area contributed by atoms with Crippen LogP contribution in [0.25, 0.3) is 0 Å². The Balaban J connectivity index is 2.46. The highest BCUT2D eigenvalue weighted by molar-refractivity contribution is 7.89. The average Bonchev–Trinajstić information content (AvgIpc) is 2.48.